The van der Waals surface area contributed by atoms with Crippen molar-refractivity contribution < 1.29 is 17.7 Å². The van der Waals surface area contributed by atoms with Crippen molar-refractivity contribution in [3.63, 3.8) is 0 Å². The Labute approximate surface area is 166 Å². The fourth-order valence-corrected chi connectivity index (χ4v) is 3.81. The van der Waals surface area contributed by atoms with Crippen LogP contribution in [0.4, 0.5) is 0 Å². The summed E-state index contributed by atoms with van der Waals surface area (Å²) in [6.07, 6.45) is 1.24. The molecule has 0 saturated heterocycles. The highest BCUT2D eigenvalue weighted by Crippen LogP contribution is 2.14. The van der Waals surface area contributed by atoms with E-state index < -0.39 is 15.6 Å². The van der Waals surface area contributed by atoms with Crippen molar-refractivity contribution in [3.05, 3.63) is 41.5 Å². The topological polar surface area (TPSA) is 114 Å². The number of rotatable bonds is 8. The van der Waals surface area contributed by atoms with Crippen molar-refractivity contribution >= 4 is 15.9 Å². The van der Waals surface area contributed by atoms with Gasteiger partial charge < -0.3 is 9.84 Å². The van der Waals surface area contributed by atoms with E-state index in [1.807, 2.05) is 13.8 Å². The third-order valence-electron chi connectivity index (χ3n) is 3.72. The van der Waals surface area contributed by atoms with Gasteiger partial charge in [-0.2, -0.15) is 4.98 Å². The Morgan fingerprint density at radius 1 is 1.18 bits per heavy atom. The van der Waals surface area contributed by atoms with Crippen molar-refractivity contribution in [2.45, 2.75) is 63.8 Å². The first-order valence-electron chi connectivity index (χ1n) is 9.23. The number of sulfonamides is 1. The lowest BCUT2D eigenvalue weighted by Gasteiger charge is -2.20. The highest BCUT2D eigenvalue weighted by molar-refractivity contribution is 7.89. The lowest BCUT2D eigenvalue weighted by atomic mass is 10.1. The molecule has 0 fully saturated rings. The second-order valence-electron chi connectivity index (χ2n) is 7.94. The molecule has 0 radical (unpaired) electrons. The summed E-state index contributed by atoms with van der Waals surface area (Å²) in [5.41, 5.74) is -0.182. The first kappa shape index (κ1) is 22.0. The SMILES string of the molecule is CC(C)c1noc(CCCNC(=O)c2ccc(S(=O)(=O)NC(C)(C)C)cc2)n1. The fraction of sp³-hybridized carbons (Fsp3) is 0.526. The predicted octanol–water partition coefficient (Wildman–Crippen LogP) is 2.63. The predicted molar refractivity (Wildman–Crippen MR) is 106 cm³/mol. The molecule has 154 valence electrons. The van der Waals surface area contributed by atoms with E-state index in [1.165, 1.54) is 24.3 Å². The second-order valence-corrected chi connectivity index (χ2v) is 9.62. The summed E-state index contributed by atoms with van der Waals surface area (Å²) in [7, 11) is -3.62. The maximum Gasteiger partial charge on any atom is 0.251 e. The summed E-state index contributed by atoms with van der Waals surface area (Å²) in [6, 6.07) is 5.85. The summed E-state index contributed by atoms with van der Waals surface area (Å²) in [4.78, 5) is 16.6. The molecule has 28 heavy (non-hydrogen) atoms. The van der Waals surface area contributed by atoms with Crippen molar-refractivity contribution in [1.29, 1.82) is 0 Å². The molecule has 8 nitrogen and oxygen atoms in total. The molecule has 9 heteroatoms. The van der Waals surface area contributed by atoms with E-state index >= 15 is 0 Å². The highest BCUT2D eigenvalue weighted by atomic mass is 32.2. The minimum absolute atomic E-state index is 0.122. The zero-order chi connectivity index (χ0) is 20.9. The van der Waals surface area contributed by atoms with E-state index in [1.54, 1.807) is 20.8 Å². The van der Waals surface area contributed by atoms with Gasteiger partial charge in [-0.05, 0) is 51.5 Å². The average molecular weight is 409 g/mol. The van der Waals surface area contributed by atoms with Gasteiger partial charge in [-0.25, -0.2) is 13.1 Å². The molecule has 0 bridgehead atoms. The van der Waals surface area contributed by atoms with E-state index in [0.717, 1.165) is 0 Å². The van der Waals surface area contributed by atoms with Crippen LogP contribution in [0, 0.1) is 0 Å². The molecule has 2 N–H and O–H groups in total. The van der Waals surface area contributed by atoms with Crippen LogP contribution >= 0.6 is 0 Å². The molecule has 1 heterocycles. The molecular formula is C19H28N4O4S. The van der Waals surface area contributed by atoms with Crippen molar-refractivity contribution in [2.75, 3.05) is 6.54 Å². The Morgan fingerprint density at radius 2 is 1.82 bits per heavy atom. The number of nitrogens with zero attached hydrogens (tertiary/aromatic N) is 2. The van der Waals surface area contributed by atoms with Gasteiger partial charge in [-0.3, -0.25) is 4.79 Å². The standard InChI is InChI=1S/C19H28N4O4S/c1-13(2)17-21-16(27-22-17)7-6-12-20-18(24)14-8-10-15(11-9-14)28(25,26)23-19(3,4)5/h8-11,13,23H,6-7,12H2,1-5H3,(H,20,24). The van der Waals surface area contributed by atoms with Gasteiger partial charge in [0, 0.05) is 30.0 Å². The quantitative estimate of drug-likeness (QED) is 0.649. The summed E-state index contributed by atoms with van der Waals surface area (Å²) < 4.78 is 32.3. The lowest BCUT2D eigenvalue weighted by Crippen LogP contribution is -2.40. The number of carbonyl (C=O) groups excluding carboxylic acids is 1. The van der Waals surface area contributed by atoms with Crippen LogP contribution in [-0.2, 0) is 16.4 Å². The minimum atomic E-state index is -3.62. The molecule has 1 aromatic carbocycles. The van der Waals surface area contributed by atoms with Crippen LogP contribution in [0.15, 0.2) is 33.7 Å². The van der Waals surface area contributed by atoms with Gasteiger partial charge >= 0.3 is 0 Å². The first-order chi connectivity index (χ1) is 13.0. The Hall–Kier alpha value is -2.26. The van der Waals surface area contributed by atoms with Gasteiger partial charge in [0.2, 0.25) is 15.9 Å². The van der Waals surface area contributed by atoms with Crippen molar-refractivity contribution in [1.82, 2.24) is 20.2 Å². The lowest BCUT2D eigenvalue weighted by molar-refractivity contribution is 0.0952. The molecule has 0 unspecified atom stereocenters. The number of benzene rings is 1. The number of aromatic nitrogens is 2. The summed E-state index contributed by atoms with van der Waals surface area (Å²) in [5.74, 6) is 1.18. The molecule has 0 aliphatic rings. The molecule has 0 aliphatic heterocycles. The number of hydrogen-bond donors (Lipinski definition) is 2. The van der Waals surface area contributed by atoms with Gasteiger partial charge in [-0.15, -0.1) is 0 Å². The van der Waals surface area contributed by atoms with Gasteiger partial charge in [0.25, 0.3) is 5.91 Å². The maximum atomic E-state index is 12.3. The van der Waals surface area contributed by atoms with Crippen LogP contribution in [0.2, 0.25) is 0 Å². The van der Waals surface area contributed by atoms with Crippen LogP contribution < -0.4 is 10.0 Å². The monoisotopic (exact) mass is 408 g/mol. The van der Waals surface area contributed by atoms with Crippen molar-refractivity contribution in [2.24, 2.45) is 0 Å². The summed E-state index contributed by atoms with van der Waals surface area (Å²) in [5, 5.41) is 6.70. The van der Waals surface area contributed by atoms with E-state index in [2.05, 4.69) is 20.2 Å². The minimum Gasteiger partial charge on any atom is -0.352 e. The van der Waals surface area contributed by atoms with E-state index in [9.17, 15) is 13.2 Å². The maximum absolute atomic E-state index is 12.3. The van der Waals surface area contributed by atoms with Gasteiger partial charge in [-0.1, -0.05) is 19.0 Å². The van der Waals surface area contributed by atoms with E-state index in [4.69, 9.17) is 4.52 Å². The first-order valence-corrected chi connectivity index (χ1v) is 10.7. The molecule has 0 aliphatic carbocycles. The smallest absolute Gasteiger partial charge is 0.251 e. The second kappa shape index (κ2) is 8.83. The molecule has 0 spiro atoms. The van der Waals surface area contributed by atoms with Gasteiger partial charge in [0.05, 0.1) is 4.90 Å². The number of hydrogen-bond acceptors (Lipinski definition) is 6. The van der Waals surface area contributed by atoms with Gasteiger partial charge in [0.15, 0.2) is 5.82 Å². The Bertz CT molecular complexity index is 897. The molecule has 1 amide bonds. The van der Waals surface area contributed by atoms with Crippen LogP contribution in [-0.4, -0.2) is 36.5 Å². The van der Waals surface area contributed by atoms with Crippen LogP contribution in [0.25, 0.3) is 0 Å². The summed E-state index contributed by atoms with van der Waals surface area (Å²) >= 11 is 0. The highest BCUT2D eigenvalue weighted by Gasteiger charge is 2.22. The van der Waals surface area contributed by atoms with Crippen LogP contribution in [0.5, 0.6) is 0 Å². The Morgan fingerprint density at radius 3 is 2.36 bits per heavy atom. The zero-order valence-corrected chi connectivity index (χ0v) is 17.8. The number of carbonyl (C=O) groups is 1. The number of nitrogens with one attached hydrogen (secondary N) is 2. The number of aryl methyl sites for hydroxylation is 1. The molecule has 2 rings (SSSR count). The Balaban J connectivity index is 1.85. The normalized spacial score (nSPS) is 12.4. The summed E-state index contributed by atoms with van der Waals surface area (Å²) in [6.45, 7) is 9.73. The molecule has 0 saturated carbocycles. The van der Waals surface area contributed by atoms with Crippen LogP contribution in [0.3, 0.4) is 0 Å². The largest absolute Gasteiger partial charge is 0.352 e. The molecular weight excluding hydrogens is 380 g/mol. The third-order valence-corrected chi connectivity index (χ3v) is 5.49. The number of amides is 1. The molecule has 1 aromatic heterocycles. The molecule has 2 aromatic rings. The van der Waals surface area contributed by atoms with E-state index in [-0.39, 0.29) is 16.7 Å². The molecule has 0 atom stereocenters. The Kier molecular flexibility index (Phi) is 6.95. The van der Waals surface area contributed by atoms with Crippen LogP contribution in [0.1, 0.15) is 69.0 Å². The zero-order valence-electron chi connectivity index (χ0n) is 16.9. The van der Waals surface area contributed by atoms with E-state index in [0.29, 0.717) is 36.7 Å². The van der Waals surface area contributed by atoms with Gasteiger partial charge in [0.1, 0.15) is 0 Å². The van der Waals surface area contributed by atoms with Crippen molar-refractivity contribution in [3.8, 4) is 0 Å². The third kappa shape index (κ3) is 6.42. The average Bonchev–Trinajstić information content (AvgIpc) is 3.06. The fourth-order valence-electron chi connectivity index (χ4n) is 2.40.